The first-order chi connectivity index (χ1) is 18.7. The summed E-state index contributed by atoms with van der Waals surface area (Å²) in [6.07, 6.45) is 3.10. The largest absolute Gasteiger partial charge is 0.367 e. The molecule has 2 N–H and O–H groups in total. The average molecular weight is 550 g/mol. The Hall–Kier alpha value is -3.96. The normalized spacial score (nSPS) is 17.6. The van der Waals surface area contributed by atoms with E-state index in [-0.39, 0.29) is 29.7 Å². The van der Waals surface area contributed by atoms with E-state index in [0.717, 1.165) is 18.8 Å². The Balaban J connectivity index is 1.53. The SMILES string of the molecule is C=CCn1c(=O)c2cnc(Nc3ccc(N4CC(C)NC(C)C4)c(Cl)c3)nc2n1-c1ccc(=O)n(C(C)C)n1. The van der Waals surface area contributed by atoms with Crippen LogP contribution in [0, 0.1) is 0 Å². The van der Waals surface area contributed by atoms with Crippen LogP contribution in [-0.4, -0.2) is 54.3 Å². The number of benzene rings is 1. The summed E-state index contributed by atoms with van der Waals surface area (Å²) >= 11 is 6.70. The van der Waals surface area contributed by atoms with Crippen LogP contribution in [0.2, 0.25) is 5.02 Å². The van der Waals surface area contributed by atoms with Crippen molar-refractivity contribution in [2.45, 2.75) is 52.4 Å². The van der Waals surface area contributed by atoms with Gasteiger partial charge in [0.05, 0.1) is 23.3 Å². The summed E-state index contributed by atoms with van der Waals surface area (Å²) in [6.45, 7) is 13.8. The van der Waals surface area contributed by atoms with Crippen LogP contribution >= 0.6 is 11.6 Å². The van der Waals surface area contributed by atoms with Gasteiger partial charge in [-0.2, -0.15) is 4.98 Å². The molecule has 4 aromatic rings. The average Bonchev–Trinajstić information content (AvgIpc) is 3.14. The van der Waals surface area contributed by atoms with Gasteiger partial charge < -0.3 is 15.5 Å². The molecule has 0 saturated carbocycles. The third-order valence-corrected chi connectivity index (χ3v) is 6.90. The quantitative estimate of drug-likeness (QED) is 0.337. The van der Waals surface area contributed by atoms with Gasteiger partial charge in [0.25, 0.3) is 11.1 Å². The number of halogens is 1. The first kappa shape index (κ1) is 26.6. The molecule has 3 aromatic heterocycles. The molecule has 1 aliphatic rings. The highest BCUT2D eigenvalue weighted by Gasteiger charge is 2.23. The predicted octanol–water partition coefficient (Wildman–Crippen LogP) is 3.49. The highest BCUT2D eigenvalue weighted by Crippen LogP contribution is 2.31. The number of aromatic nitrogens is 6. The lowest BCUT2D eigenvalue weighted by atomic mass is 10.1. The molecule has 5 rings (SSSR count). The number of rotatable bonds is 7. The van der Waals surface area contributed by atoms with Crippen LogP contribution in [0.25, 0.3) is 16.9 Å². The zero-order valence-corrected chi connectivity index (χ0v) is 23.2. The van der Waals surface area contributed by atoms with Crippen molar-refractivity contribution in [3.05, 3.63) is 74.9 Å². The third kappa shape index (κ3) is 5.19. The lowest BCUT2D eigenvalue weighted by Gasteiger charge is -2.38. The van der Waals surface area contributed by atoms with Gasteiger partial charge in [0, 0.05) is 43.1 Å². The number of nitrogens with zero attached hydrogens (tertiary/aromatic N) is 7. The molecule has 1 fully saturated rings. The maximum Gasteiger partial charge on any atom is 0.278 e. The molecule has 1 aliphatic heterocycles. The molecule has 2 unspecified atom stereocenters. The first-order valence-electron chi connectivity index (χ1n) is 12.9. The summed E-state index contributed by atoms with van der Waals surface area (Å²) in [6, 6.07) is 9.34. The molecule has 0 bridgehead atoms. The van der Waals surface area contributed by atoms with Crippen molar-refractivity contribution in [3.8, 4) is 5.82 Å². The van der Waals surface area contributed by atoms with E-state index in [9.17, 15) is 9.59 Å². The molecule has 1 saturated heterocycles. The van der Waals surface area contributed by atoms with Crippen LogP contribution in [0.1, 0.15) is 33.7 Å². The summed E-state index contributed by atoms with van der Waals surface area (Å²) in [5.74, 6) is 0.672. The minimum absolute atomic E-state index is 0.161. The van der Waals surface area contributed by atoms with E-state index < -0.39 is 0 Å². The van der Waals surface area contributed by atoms with E-state index in [4.69, 9.17) is 11.6 Å². The van der Waals surface area contributed by atoms with E-state index in [2.05, 4.69) is 51.0 Å². The lowest BCUT2D eigenvalue weighted by molar-refractivity contribution is 0.407. The minimum Gasteiger partial charge on any atom is -0.367 e. The molecule has 11 nitrogen and oxygen atoms in total. The molecule has 4 heterocycles. The van der Waals surface area contributed by atoms with Gasteiger partial charge >= 0.3 is 0 Å². The van der Waals surface area contributed by atoms with Crippen molar-refractivity contribution in [2.24, 2.45) is 0 Å². The van der Waals surface area contributed by atoms with Gasteiger partial charge in [-0.3, -0.25) is 9.59 Å². The lowest BCUT2D eigenvalue weighted by Crippen LogP contribution is -2.54. The van der Waals surface area contributed by atoms with Crippen LogP contribution in [0.4, 0.5) is 17.3 Å². The summed E-state index contributed by atoms with van der Waals surface area (Å²) in [4.78, 5) is 36.9. The monoisotopic (exact) mass is 549 g/mol. The number of allylic oxidation sites excluding steroid dienone is 1. The van der Waals surface area contributed by atoms with E-state index in [1.807, 2.05) is 32.0 Å². The van der Waals surface area contributed by atoms with Crippen LogP contribution in [-0.2, 0) is 6.54 Å². The summed E-state index contributed by atoms with van der Waals surface area (Å²) in [5, 5.41) is 12.2. The second kappa shape index (κ2) is 10.7. The second-order valence-corrected chi connectivity index (χ2v) is 10.6. The number of fused-ring (bicyclic) bond motifs is 1. The summed E-state index contributed by atoms with van der Waals surface area (Å²) in [7, 11) is 0. The molecule has 0 aliphatic carbocycles. The molecule has 12 heteroatoms. The van der Waals surface area contributed by atoms with Gasteiger partial charge in [-0.15, -0.1) is 11.7 Å². The topological polar surface area (TPSA) is 115 Å². The Morgan fingerprint density at radius 2 is 1.92 bits per heavy atom. The molecule has 0 amide bonds. The summed E-state index contributed by atoms with van der Waals surface area (Å²) in [5.41, 5.74) is 1.52. The van der Waals surface area contributed by atoms with Gasteiger partial charge in [0.15, 0.2) is 11.5 Å². The minimum atomic E-state index is -0.285. The molecule has 1 aromatic carbocycles. The molecule has 0 spiro atoms. The fourth-order valence-corrected chi connectivity index (χ4v) is 5.30. The van der Waals surface area contributed by atoms with Crippen molar-refractivity contribution < 1.29 is 0 Å². The summed E-state index contributed by atoms with van der Waals surface area (Å²) < 4.78 is 4.43. The first-order valence-corrected chi connectivity index (χ1v) is 13.3. The fraction of sp³-hybridized carbons (Fsp3) is 0.370. The van der Waals surface area contributed by atoms with Gasteiger partial charge in [-0.25, -0.2) is 19.0 Å². The van der Waals surface area contributed by atoms with Crippen molar-refractivity contribution in [2.75, 3.05) is 23.3 Å². The number of hydrogen-bond donors (Lipinski definition) is 2. The highest BCUT2D eigenvalue weighted by molar-refractivity contribution is 6.33. The fourth-order valence-electron chi connectivity index (χ4n) is 5.00. The van der Waals surface area contributed by atoms with Gasteiger partial charge in [-0.05, 0) is 52.0 Å². The van der Waals surface area contributed by atoms with Crippen LogP contribution < -0.4 is 26.7 Å². The van der Waals surface area contributed by atoms with Crippen LogP contribution in [0.15, 0.2) is 58.8 Å². The Kier molecular flexibility index (Phi) is 7.28. The van der Waals surface area contributed by atoms with Crippen molar-refractivity contribution in [1.82, 2.24) is 34.4 Å². The molecule has 39 heavy (non-hydrogen) atoms. The van der Waals surface area contributed by atoms with Crippen molar-refractivity contribution in [1.29, 1.82) is 0 Å². The highest BCUT2D eigenvalue weighted by atomic mass is 35.5. The van der Waals surface area contributed by atoms with Crippen LogP contribution in [0.3, 0.4) is 0 Å². The maximum absolute atomic E-state index is 13.2. The number of piperazine rings is 1. The molecular weight excluding hydrogens is 518 g/mol. The predicted molar refractivity (Wildman–Crippen MR) is 155 cm³/mol. The molecule has 0 radical (unpaired) electrons. The zero-order chi connectivity index (χ0) is 27.8. The molecule has 204 valence electrons. The van der Waals surface area contributed by atoms with E-state index >= 15 is 0 Å². The third-order valence-electron chi connectivity index (χ3n) is 6.60. The molecule has 2 atom stereocenters. The van der Waals surface area contributed by atoms with Gasteiger partial charge in [0.1, 0.15) is 5.39 Å². The number of anilines is 3. The van der Waals surface area contributed by atoms with E-state index in [0.29, 0.717) is 39.6 Å². The van der Waals surface area contributed by atoms with Crippen molar-refractivity contribution >= 4 is 40.0 Å². The zero-order valence-electron chi connectivity index (χ0n) is 22.4. The smallest absolute Gasteiger partial charge is 0.278 e. The standard InChI is InChI=1S/C27H32ClN9O2/c1-6-11-35-26(39)20-13-29-27(32-25(20)37(35)23-9-10-24(38)36(33-23)16(2)3)31-19-7-8-22(21(28)12-19)34-14-17(4)30-18(5)15-34/h6-10,12-13,16-18,30H,1,11,14-15H2,2-5H3,(H,29,31,32). The number of hydrogen-bond acceptors (Lipinski definition) is 8. The van der Waals surface area contributed by atoms with Crippen LogP contribution in [0.5, 0.6) is 0 Å². The Labute approximate surface area is 230 Å². The Bertz CT molecular complexity index is 1650. The van der Waals surface area contributed by atoms with Gasteiger partial charge in [-0.1, -0.05) is 17.7 Å². The Morgan fingerprint density at radius 3 is 2.59 bits per heavy atom. The number of nitrogens with one attached hydrogen (secondary N) is 2. The van der Waals surface area contributed by atoms with E-state index in [1.54, 1.807) is 16.8 Å². The maximum atomic E-state index is 13.2. The Morgan fingerprint density at radius 1 is 1.18 bits per heavy atom. The second-order valence-electron chi connectivity index (χ2n) is 10.2. The van der Waals surface area contributed by atoms with Gasteiger partial charge in [0.2, 0.25) is 5.95 Å². The molecular formula is C27H32ClN9O2. The van der Waals surface area contributed by atoms with Crippen molar-refractivity contribution in [3.63, 3.8) is 0 Å². The van der Waals surface area contributed by atoms with E-state index in [1.165, 1.54) is 21.6 Å².